The smallest absolute Gasteiger partial charge is 0.226 e. The molecule has 0 spiro atoms. The maximum Gasteiger partial charge on any atom is 0.226 e. The predicted molar refractivity (Wildman–Crippen MR) is 132 cm³/mol. The Bertz CT molecular complexity index is 901. The topological polar surface area (TPSA) is 82.5 Å². The highest BCUT2D eigenvalue weighted by molar-refractivity contribution is 7.15. The Kier molecular flexibility index (Phi) is 6.69. The second-order valence-electron chi connectivity index (χ2n) is 12.3. The van der Waals surface area contributed by atoms with Gasteiger partial charge in [-0.1, -0.05) is 41.5 Å². The molecule has 6 atom stereocenters. The van der Waals surface area contributed by atoms with E-state index in [1.54, 1.807) is 11.3 Å². The fraction of sp³-hybridized carbons (Fsp3) is 0.808. The number of hydrogen-bond donors (Lipinski definition) is 2. The molecule has 6 nitrogen and oxygen atoms in total. The van der Waals surface area contributed by atoms with Gasteiger partial charge in [-0.2, -0.15) is 0 Å². The summed E-state index contributed by atoms with van der Waals surface area (Å²) in [5.74, 6) is 0.206. The van der Waals surface area contributed by atoms with Crippen molar-refractivity contribution in [1.29, 1.82) is 0 Å². The first kappa shape index (κ1) is 24.6. The fourth-order valence-corrected chi connectivity index (χ4v) is 7.93. The van der Waals surface area contributed by atoms with Crippen molar-refractivity contribution in [2.24, 2.45) is 28.6 Å². The zero-order chi connectivity index (χ0) is 24.1. The number of likely N-dealkylation sites (tertiary alicyclic amines) is 1. The molecule has 1 saturated carbocycles. The molecule has 2 heterocycles. The van der Waals surface area contributed by atoms with Crippen LogP contribution in [0.15, 0.2) is 0 Å². The first-order chi connectivity index (χ1) is 15.4. The largest absolute Gasteiger partial charge is 0.392 e. The van der Waals surface area contributed by atoms with E-state index in [1.807, 2.05) is 11.8 Å². The van der Waals surface area contributed by atoms with Gasteiger partial charge in [0.25, 0.3) is 0 Å². The maximum absolute atomic E-state index is 13.1. The highest BCUT2D eigenvalue weighted by Gasteiger charge is 2.54. The van der Waals surface area contributed by atoms with Gasteiger partial charge in [0.2, 0.25) is 11.8 Å². The Labute approximate surface area is 202 Å². The van der Waals surface area contributed by atoms with Crippen molar-refractivity contribution < 1.29 is 14.7 Å². The molecule has 1 aromatic rings. The number of hydrogen-bond acceptors (Lipinski definition) is 5. The third kappa shape index (κ3) is 4.86. The number of fused-ring (bicyclic) bond motifs is 2. The minimum Gasteiger partial charge on any atom is -0.392 e. The number of nitrogens with one attached hydrogen (secondary N) is 1. The van der Waals surface area contributed by atoms with Crippen molar-refractivity contribution in [3.63, 3.8) is 0 Å². The summed E-state index contributed by atoms with van der Waals surface area (Å²) in [4.78, 5) is 33.6. The van der Waals surface area contributed by atoms with E-state index in [9.17, 15) is 14.7 Å². The predicted octanol–water partition coefficient (Wildman–Crippen LogP) is 4.83. The molecule has 2 N–H and O–H groups in total. The van der Waals surface area contributed by atoms with Crippen molar-refractivity contribution in [3.05, 3.63) is 10.6 Å². The molecule has 0 bridgehead atoms. The highest BCUT2D eigenvalue weighted by atomic mass is 32.1. The van der Waals surface area contributed by atoms with Gasteiger partial charge in [0.05, 0.1) is 11.8 Å². The molecule has 4 rings (SSSR count). The number of carbonyl (C=O) groups excluding carboxylic acids is 2. The van der Waals surface area contributed by atoms with Crippen LogP contribution in [-0.4, -0.2) is 46.0 Å². The second-order valence-corrected chi connectivity index (χ2v) is 13.4. The number of aliphatic hydroxyl groups excluding tert-OH is 1. The third-order valence-electron chi connectivity index (χ3n) is 8.31. The third-order valence-corrected chi connectivity index (χ3v) is 9.30. The number of anilines is 1. The van der Waals surface area contributed by atoms with Crippen LogP contribution in [-0.2, 0) is 16.0 Å². The molecular formula is C26H41N3O3S. The molecule has 33 heavy (non-hydrogen) atoms. The number of aromatic nitrogens is 1. The van der Waals surface area contributed by atoms with Crippen LogP contribution in [0.1, 0.15) is 90.1 Å². The van der Waals surface area contributed by atoms with E-state index in [-0.39, 0.29) is 46.3 Å². The highest BCUT2D eigenvalue weighted by Crippen LogP contribution is 2.57. The normalized spacial score (nSPS) is 32.8. The molecule has 1 aliphatic heterocycles. The number of nitrogens with zero attached hydrogens (tertiary/aromatic N) is 2. The molecular weight excluding hydrogens is 434 g/mol. The van der Waals surface area contributed by atoms with Crippen LogP contribution < -0.4 is 5.32 Å². The number of thiazole rings is 1. The van der Waals surface area contributed by atoms with Crippen LogP contribution in [0, 0.1) is 28.6 Å². The standard InChI is InChI=1S/C26H41N3O3S/c1-15(23(32)29-11-7-8-12-29)17-9-10-26(6)13-18-21(16(2)20(26)22(17)31)28-24(33-18)27-19(30)14-25(3,4)5/h15-17,20,22,31H,7-14H2,1-6H3,(H,27,28,30)/t15-,16-,17-,20+,22-,26-/m0/s1. The molecule has 0 unspecified atom stereocenters. The molecule has 0 radical (unpaired) electrons. The molecule has 7 heteroatoms. The van der Waals surface area contributed by atoms with Gasteiger partial charge in [-0.3, -0.25) is 9.59 Å². The van der Waals surface area contributed by atoms with Crippen LogP contribution in [0.2, 0.25) is 0 Å². The average molecular weight is 476 g/mol. The fourth-order valence-electron chi connectivity index (χ4n) is 6.65. The summed E-state index contributed by atoms with van der Waals surface area (Å²) in [6.45, 7) is 14.4. The van der Waals surface area contributed by atoms with Gasteiger partial charge in [-0.05, 0) is 54.8 Å². The summed E-state index contributed by atoms with van der Waals surface area (Å²) in [5, 5.41) is 15.3. The minimum absolute atomic E-state index is 0.000716. The number of carbonyl (C=O) groups is 2. The molecule has 1 aromatic heterocycles. The van der Waals surface area contributed by atoms with E-state index >= 15 is 0 Å². The van der Waals surface area contributed by atoms with Crippen molar-refractivity contribution in [1.82, 2.24) is 9.88 Å². The average Bonchev–Trinajstić information content (AvgIpc) is 3.35. The molecule has 2 amide bonds. The number of rotatable bonds is 4. The lowest BCUT2D eigenvalue weighted by atomic mass is 9.53. The van der Waals surface area contributed by atoms with Gasteiger partial charge < -0.3 is 15.3 Å². The van der Waals surface area contributed by atoms with Crippen LogP contribution in [0.5, 0.6) is 0 Å². The maximum atomic E-state index is 13.1. The van der Waals surface area contributed by atoms with E-state index in [0.29, 0.717) is 11.6 Å². The van der Waals surface area contributed by atoms with E-state index in [1.165, 1.54) is 4.88 Å². The lowest BCUT2D eigenvalue weighted by molar-refractivity contribution is -0.143. The van der Waals surface area contributed by atoms with Crippen LogP contribution in [0.25, 0.3) is 0 Å². The molecule has 2 fully saturated rings. The Morgan fingerprint density at radius 1 is 1.30 bits per heavy atom. The zero-order valence-electron chi connectivity index (χ0n) is 21.1. The first-order valence-electron chi connectivity index (χ1n) is 12.7. The van der Waals surface area contributed by atoms with Gasteiger partial charge in [0, 0.05) is 36.2 Å². The second kappa shape index (κ2) is 8.95. The Morgan fingerprint density at radius 3 is 2.61 bits per heavy atom. The summed E-state index contributed by atoms with van der Waals surface area (Å²) in [5.41, 5.74) is 0.934. The summed E-state index contributed by atoms with van der Waals surface area (Å²) in [6.07, 6.45) is 4.87. The quantitative estimate of drug-likeness (QED) is 0.653. The first-order valence-corrected chi connectivity index (χ1v) is 13.5. The van der Waals surface area contributed by atoms with Crippen LogP contribution in [0.4, 0.5) is 5.13 Å². The van der Waals surface area contributed by atoms with E-state index in [2.05, 4.69) is 39.9 Å². The Balaban J connectivity index is 1.52. The molecule has 1 saturated heterocycles. The van der Waals surface area contributed by atoms with Gasteiger partial charge in [0.1, 0.15) is 0 Å². The van der Waals surface area contributed by atoms with E-state index in [4.69, 9.17) is 4.98 Å². The van der Waals surface area contributed by atoms with Gasteiger partial charge in [-0.15, -0.1) is 11.3 Å². The van der Waals surface area contributed by atoms with Crippen molar-refractivity contribution >= 4 is 28.3 Å². The lowest BCUT2D eigenvalue weighted by Crippen LogP contribution is -2.53. The van der Waals surface area contributed by atoms with Crippen molar-refractivity contribution in [2.45, 2.75) is 92.1 Å². The van der Waals surface area contributed by atoms with Crippen LogP contribution in [0.3, 0.4) is 0 Å². The summed E-state index contributed by atoms with van der Waals surface area (Å²) >= 11 is 1.59. The van der Waals surface area contributed by atoms with Crippen molar-refractivity contribution in [3.8, 4) is 0 Å². The summed E-state index contributed by atoms with van der Waals surface area (Å²) < 4.78 is 0. The summed E-state index contributed by atoms with van der Waals surface area (Å²) in [7, 11) is 0. The molecule has 184 valence electrons. The van der Waals surface area contributed by atoms with Gasteiger partial charge in [-0.25, -0.2) is 4.98 Å². The van der Waals surface area contributed by atoms with E-state index < -0.39 is 6.10 Å². The van der Waals surface area contributed by atoms with E-state index in [0.717, 1.165) is 50.9 Å². The molecule has 2 aliphatic carbocycles. The number of aliphatic hydroxyl groups is 1. The van der Waals surface area contributed by atoms with Gasteiger partial charge in [0.15, 0.2) is 5.13 Å². The van der Waals surface area contributed by atoms with Gasteiger partial charge >= 0.3 is 0 Å². The molecule has 0 aromatic carbocycles. The van der Waals surface area contributed by atoms with Crippen LogP contribution >= 0.6 is 11.3 Å². The van der Waals surface area contributed by atoms with Crippen molar-refractivity contribution in [2.75, 3.05) is 18.4 Å². The number of amides is 2. The zero-order valence-corrected chi connectivity index (χ0v) is 21.9. The Morgan fingerprint density at radius 2 is 1.97 bits per heavy atom. The minimum atomic E-state index is -0.519. The SMILES string of the molecule is C[C@H](C(=O)N1CCCC1)[C@@H]1CC[C@@]2(C)Cc3sc(NC(=O)CC(C)(C)C)nc3[C@@H](C)[C@@H]2[C@H]1O. The monoisotopic (exact) mass is 475 g/mol. The Hall–Kier alpha value is -1.47. The summed E-state index contributed by atoms with van der Waals surface area (Å²) in [6, 6.07) is 0. The lowest BCUT2D eigenvalue weighted by Gasteiger charge is -2.53. The molecule has 3 aliphatic rings.